The number of nitrogens with two attached hydrogens (primary N) is 1. The van der Waals surface area contributed by atoms with Crippen molar-refractivity contribution in [1.29, 1.82) is 0 Å². The number of aromatic nitrogens is 2. The minimum atomic E-state index is -0.650. The molecule has 0 saturated carbocycles. The monoisotopic (exact) mass is 386 g/mol. The number of carbonyl (C=O) groups excluding carboxylic acids is 1. The van der Waals surface area contributed by atoms with Gasteiger partial charge >= 0.3 is 6.03 Å². The molecule has 29 heavy (non-hydrogen) atoms. The van der Waals surface area contributed by atoms with Gasteiger partial charge in [0.15, 0.2) is 0 Å². The van der Waals surface area contributed by atoms with Gasteiger partial charge in [0.05, 0.1) is 18.3 Å². The molecule has 7 nitrogen and oxygen atoms in total. The normalized spacial score (nSPS) is 10.5. The fourth-order valence-corrected chi connectivity index (χ4v) is 2.99. The fraction of sp³-hybridized carbons (Fsp3) is 0.0455. The number of nitrogens with zero attached hydrogens (tertiary/aromatic N) is 3. The molecule has 144 valence electrons. The van der Waals surface area contributed by atoms with Crippen LogP contribution in [-0.2, 0) is 0 Å². The molecule has 0 unspecified atom stereocenters. The molecule has 7 heteroatoms. The zero-order chi connectivity index (χ0) is 20.2. The molecule has 0 saturated heterocycles. The lowest BCUT2D eigenvalue weighted by Crippen LogP contribution is -2.31. The van der Waals surface area contributed by atoms with Crippen molar-refractivity contribution >= 4 is 28.3 Å². The maximum absolute atomic E-state index is 12.3. The van der Waals surface area contributed by atoms with Crippen molar-refractivity contribution in [1.82, 2.24) is 9.97 Å². The quantitative estimate of drug-likeness (QED) is 0.539. The second kappa shape index (κ2) is 7.85. The number of ether oxygens (including phenoxy) is 2. The summed E-state index contributed by atoms with van der Waals surface area (Å²) in [7, 11) is 1.51. The van der Waals surface area contributed by atoms with E-state index in [0.29, 0.717) is 28.8 Å². The number of para-hydroxylation sites is 1. The third kappa shape index (κ3) is 3.79. The number of fused-ring (bicyclic) bond motifs is 1. The number of benzene rings is 2. The Morgan fingerprint density at radius 2 is 1.66 bits per heavy atom. The van der Waals surface area contributed by atoms with Crippen LogP contribution in [0, 0.1) is 0 Å². The Labute approximate surface area is 167 Å². The van der Waals surface area contributed by atoms with Crippen LogP contribution in [0.1, 0.15) is 0 Å². The number of pyridine rings is 2. The van der Waals surface area contributed by atoms with Crippen LogP contribution in [0.5, 0.6) is 17.4 Å². The molecule has 2 aromatic carbocycles. The molecule has 2 aromatic heterocycles. The molecule has 0 aliphatic heterocycles. The predicted octanol–water partition coefficient (Wildman–Crippen LogP) is 4.65. The molecule has 2 heterocycles. The smallest absolute Gasteiger partial charge is 0.324 e. The first kappa shape index (κ1) is 18.2. The molecule has 4 aromatic rings. The van der Waals surface area contributed by atoms with E-state index in [2.05, 4.69) is 9.97 Å². The van der Waals surface area contributed by atoms with Crippen molar-refractivity contribution in [3.05, 3.63) is 79.1 Å². The first-order valence-electron chi connectivity index (χ1n) is 8.87. The highest BCUT2D eigenvalue weighted by atomic mass is 16.5. The Balaban J connectivity index is 1.71. The third-order valence-corrected chi connectivity index (χ3v) is 4.31. The summed E-state index contributed by atoms with van der Waals surface area (Å²) in [6.45, 7) is 0. The van der Waals surface area contributed by atoms with Gasteiger partial charge < -0.3 is 15.2 Å². The molecule has 2 N–H and O–H groups in total. The molecule has 0 spiro atoms. The van der Waals surface area contributed by atoms with Gasteiger partial charge in [-0.3, -0.25) is 9.88 Å². The number of amides is 2. The number of methoxy groups -OCH3 is 1. The van der Waals surface area contributed by atoms with Gasteiger partial charge in [-0.05, 0) is 48.5 Å². The zero-order valence-corrected chi connectivity index (χ0v) is 15.6. The van der Waals surface area contributed by atoms with Crippen LogP contribution < -0.4 is 20.1 Å². The van der Waals surface area contributed by atoms with Gasteiger partial charge in [0, 0.05) is 17.8 Å². The Kier molecular flexibility index (Phi) is 4.94. The van der Waals surface area contributed by atoms with Gasteiger partial charge in [0.25, 0.3) is 0 Å². The standard InChI is InChI=1S/C22H18N4O3/c1-28-21-20(14-15-4-2-3-5-19(15)25-21)26(22(23)27)16-6-8-17(9-7-16)29-18-10-12-24-13-11-18/h2-14H,1H3,(H2,23,27). The topological polar surface area (TPSA) is 90.6 Å². The zero-order valence-electron chi connectivity index (χ0n) is 15.6. The highest BCUT2D eigenvalue weighted by Crippen LogP contribution is 2.36. The molecule has 2 amide bonds. The minimum Gasteiger partial charge on any atom is -0.479 e. The van der Waals surface area contributed by atoms with Gasteiger partial charge in [-0.25, -0.2) is 9.78 Å². The van der Waals surface area contributed by atoms with Crippen LogP contribution in [0.2, 0.25) is 0 Å². The van der Waals surface area contributed by atoms with Crippen molar-refractivity contribution in [2.24, 2.45) is 5.73 Å². The lowest BCUT2D eigenvalue weighted by atomic mass is 10.2. The SMILES string of the molecule is COc1nc2ccccc2cc1N(C(N)=O)c1ccc(Oc2ccncc2)cc1. The number of anilines is 2. The average Bonchev–Trinajstić information content (AvgIpc) is 2.75. The molecule has 0 atom stereocenters. The summed E-state index contributed by atoms with van der Waals surface area (Å²) in [4.78, 5) is 22.1. The van der Waals surface area contributed by atoms with Gasteiger partial charge in [-0.15, -0.1) is 0 Å². The molecule has 0 radical (unpaired) electrons. The Morgan fingerprint density at radius 1 is 0.966 bits per heavy atom. The number of urea groups is 1. The van der Waals surface area contributed by atoms with Crippen molar-refractivity contribution in [2.75, 3.05) is 12.0 Å². The largest absolute Gasteiger partial charge is 0.479 e. The van der Waals surface area contributed by atoms with E-state index in [1.54, 1.807) is 48.8 Å². The molecule has 0 fully saturated rings. The molecular weight excluding hydrogens is 368 g/mol. The van der Waals surface area contributed by atoms with E-state index in [0.717, 1.165) is 10.9 Å². The Hall–Kier alpha value is -4.13. The second-order valence-corrected chi connectivity index (χ2v) is 6.16. The molecular formula is C22H18N4O3. The van der Waals surface area contributed by atoms with Gasteiger partial charge in [0.2, 0.25) is 5.88 Å². The second-order valence-electron chi connectivity index (χ2n) is 6.16. The van der Waals surface area contributed by atoms with Crippen LogP contribution in [0.25, 0.3) is 10.9 Å². The van der Waals surface area contributed by atoms with Crippen LogP contribution in [0.4, 0.5) is 16.2 Å². The van der Waals surface area contributed by atoms with E-state index in [1.165, 1.54) is 12.0 Å². The molecule has 4 rings (SSSR count). The summed E-state index contributed by atoms with van der Waals surface area (Å²) in [6, 6.07) is 19.3. The van der Waals surface area contributed by atoms with Gasteiger partial charge in [0.1, 0.15) is 17.2 Å². The summed E-state index contributed by atoms with van der Waals surface area (Å²) in [5.74, 6) is 1.59. The first-order valence-corrected chi connectivity index (χ1v) is 8.87. The molecule has 0 bridgehead atoms. The number of hydrogen-bond donors (Lipinski definition) is 1. The van der Waals surface area contributed by atoms with E-state index < -0.39 is 6.03 Å². The maximum Gasteiger partial charge on any atom is 0.324 e. The predicted molar refractivity (Wildman–Crippen MR) is 111 cm³/mol. The van der Waals surface area contributed by atoms with Crippen LogP contribution >= 0.6 is 0 Å². The van der Waals surface area contributed by atoms with Crippen LogP contribution in [-0.4, -0.2) is 23.1 Å². The van der Waals surface area contributed by atoms with E-state index in [1.807, 2.05) is 30.3 Å². The number of rotatable bonds is 5. The lowest BCUT2D eigenvalue weighted by Gasteiger charge is -2.23. The average molecular weight is 386 g/mol. The fourth-order valence-electron chi connectivity index (χ4n) is 2.99. The number of carbonyl (C=O) groups is 1. The minimum absolute atomic E-state index is 0.305. The number of hydrogen-bond acceptors (Lipinski definition) is 5. The summed E-state index contributed by atoms with van der Waals surface area (Å²) in [5.41, 5.74) is 7.48. The van der Waals surface area contributed by atoms with Gasteiger partial charge in [-0.1, -0.05) is 18.2 Å². The third-order valence-electron chi connectivity index (χ3n) is 4.31. The Bertz CT molecular complexity index is 1150. The van der Waals surface area contributed by atoms with Crippen LogP contribution in [0.15, 0.2) is 79.1 Å². The highest BCUT2D eigenvalue weighted by Gasteiger charge is 2.21. The number of primary amides is 1. The van der Waals surface area contributed by atoms with Crippen molar-refractivity contribution in [3.8, 4) is 17.4 Å². The van der Waals surface area contributed by atoms with E-state index >= 15 is 0 Å². The van der Waals surface area contributed by atoms with E-state index in [-0.39, 0.29) is 0 Å². The van der Waals surface area contributed by atoms with Crippen molar-refractivity contribution in [2.45, 2.75) is 0 Å². The summed E-state index contributed by atoms with van der Waals surface area (Å²) < 4.78 is 11.2. The summed E-state index contributed by atoms with van der Waals surface area (Å²) in [5, 5.41) is 0.868. The first-order chi connectivity index (χ1) is 14.2. The van der Waals surface area contributed by atoms with Crippen molar-refractivity contribution in [3.63, 3.8) is 0 Å². The van der Waals surface area contributed by atoms with E-state index in [4.69, 9.17) is 15.2 Å². The molecule has 0 aliphatic carbocycles. The summed E-state index contributed by atoms with van der Waals surface area (Å²) >= 11 is 0. The summed E-state index contributed by atoms with van der Waals surface area (Å²) in [6.07, 6.45) is 3.30. The van der Waals surface area contributed by atoms with E-state index in [9.17, 15) is 4.79 Å². The Morgan fingerprint density at radius 3 is 2.34 bits per heavy atom. The van der Waals surface area contributed by atoms with Crippen LogP contribution in [0.3, 0.4) is 0 Å². The van der Waals surface area contributed by atoms with Crippen molar-refractivity contribution < 1.29 is 14.3 Å². The molecule has 0 aliphatic rings. The highest BCUT2D eigenvalue weighted by molar-refractivity contribution is 6.01. The van der Waals surface area contributed by atoms with Gasteiger partial charge in [-0.2, -0.15) is 0 Å². The maximum atomic E-state index is 12.3. The lowest BCUT2D eigenvalue weighted by molar-refractivity contribution is 0.256.